The molecule has 2 fully saturated rings. The van der Waals surface area contributed by atoms with Crippen molar-refractivity contribution in [2.45, 2.75) is 50.7 Å². The second-order valence-corrected chi connectivity index (χ2v) is 14.6. The Hall–Kier alpha value is -1.68. The first-order valence-electron chi connectivity index (χ1n) is 8.82. The summed E-state index contributed by atoms with van der Waals surface area (Å²) in [5.74, 6) is -0.650. The van der Waals surface area contributed by atoms with Gasteiger partial charge < -0.3 is 22.8 Å². The molecule has 12 heteroatoms. The molecule has 0 bridgehead atoms. The fourth-order valence-corrected chi connectivity index (χ4v) is 10.1. The molecule has 1 aromatic heterocycles. The Bertz CT molecular complexity index is 909. The molecule has 2 saturated heterocycles. The van der Waals surface area contributed by atoms with E-state index < -0.39 is 58.7 Å². The molecule has 10 nitrogen and oxygen atoms in total. The largest absolute Gasteiger partial charge is 0.415 e. The molecule has 3 heterocycles. The van der Waals surface area contributed by atoms with Crippen molar-refractivity contribution in [2.24, 2.45) is 0 Å². The number of aromatic amines is 1. The van der Waals surface area contributed by atoms with Gasteiger partial charge in [0.05, 0.1) is 6.61 Å². The summed E-state index contributed by atoms with van der Waals surface area (Å²) >= 11 is 0. The van der Waals surface area contributed by atoms with Crippen LogP contribution in [0, 0.1) is 0 Å². The molecule has 0 spiro atoms. The molecule has 0 amide bonds. The van der Waals surface area contributed by atoms with Crippen LogP contribution >= 0.6 is 0 Å². The fourth-order valence-electron chi connectivity index (χ4n) is 3.44. The van der Waals surface area contributed by atoms with Crippen molar-refractivity contribution in [3.8, 4) is 0 Å². The number of aliphatic hydroxyl groups excluding tert-OH is 1. The van der Waals surface area contributed by atoms with Crippen LogP contribution in [0.2, 0.25) is 26.2 Å². The molecule has 0 saturated carbocycles. The zero-order chi connectivity index (χ0) is 20.9. The van der Waals surface area contributed by atoms with Gasteiger partial charge in [0, 0.05) is 6.20 Å². The van der Waals surface area contributed by atoms with E-state index in [1.807, 2.05) is 26.2 Å². The van der Waals surface area contributed by atoms with Crippen LogP contribution in [0.25, 0.3) is 0 Å². The number of allylic oxidation sites excluding steroid dienone is 1. The molecule has 0 aromatic carbocycles. The lowest BCUT2D eigenvalue weighted by Crippen LogP contribution is -2.56. The fraction of sp³-hybridized carbons (Fsp3) is 0.562. The number of fused-ring (bicyclic) bond motifs is 1. The van der Waals surface area contributed by atoms with E-state index in [2.05, 4.69) is 11.6 Å². The van der Waals surface area contributed by atoms with Crippen molar-refractivity contribution >= 4 is 22.9 Å². The number of aromatic nitrogens is 2. The van der Waals surface area contributed by atoms with Crippen molar-refractivity contribution in [3.05, 3.63) is 45.3 Å². The summed E-state index contributed by atoms with van der Waals surface area (Å²) in [5, 5.41) is 10.8. The minimum Gasteiger partial charge on any atom is -0.415 e. The predicted molar refractivity (Wildman–Crippen MR) is 103 cm³/mol. The Morgan fingerprint density at radius 1 is 1.32 bits per heavy atom. The summed E-state index contributed by atoms with van der Waals surface area (Å²) in [6.07, 6.45) is -1.78. The summed E-state index contributed by atoms with van der Waals surface area (Å²) in [6.45, 7) is 11.0. The van der Waals surface area contributed by atoms with Crippen LogP contribution < -0.4 is 11.2 Å². The maximum Gasteiger partial charge on any atom is 0.330 e. The SMILES string of the molecule is C=CC(=O)c1cn(C2OC3CO[Si](C)(C)O[Si](C)(C)OC3C2O)c(=O)[nH]c1=O. The van der Waals surface area contributed by atoms with Crippen molar-refractivity contribution in [2.75, 3.05) is 6.61 Å². The number of ketones is 1. The van der Waals surface area contributed by atoms with Gasteiger partial charge in [-0.15, -0.1) is 0 Å². The Kier molecular flexibility index (Phi) is 5.48. The van der Waals surface area contributed by atoms with Gasteiger partial charge >= 0.3 is 22.8 Å². The van der Waals surface area contributed by atoms with E-state index in [0.29, 0.717) is 0 Å². The number of aliphatic hydroxyl groups is 1. The van der Waals surface area contributed by atoms with Crippen LogP contribution in [-0.4, -0.2) is 62.5 Å². The second-order valence-electron chi connectivity index (χ2n) is 7.63. The summed E-state index contributed by atoms with van der Waals surface area (Å²) in [4.78, 5) is 38.2. The second kappa shape index (κ2) is 7.29. The summed E-state index contributed by atoms with van der Waals surface area (Å²) < 4.78 is 24.9. The molecule has 28 heavy (non-hydrogen) atoms. The Morgan fingerprint density at radius 2 is 2.00 bits per heavy atom. The maximum atomic E-state index is 12.3. The van der Waals surface area contributed by atoms with Crippen molar-refractivity contribution < 1.29 is 27.6 Å². The third kappa shape index (κ3) is 4.03. The zero-order valence-corrected chi connectivity index (χ0v) is 18.1. The number of ether oxygens (including phenoxy) is 1. The van der Waals surface area contributed by atoms with Gasteiger partial charge in [-0.25, -0.2) is 4.79 Å². The highest BCUT2D eigenvalue weighted by atomic mass is 28.5. The number of rotatable bonds is 3. The van der Waals surface area contributed by atoms with E-state index in [1.54, 1.807) is 0 Å². The molecule has 1 aromatic rings. The molecular weight excluding hydrogens is 404 g/mol. The molecule has 3 rings (SSSR count). The van der Waals surface area contributed by atoms with Crippen LogP contribution in [0.15, 0.2) is 28.4 Å². The van der Waals surface area contributed by atoms with Gasteiger partial charge in [-0.1, -0.05) is 6.58 Å². The lowest BCUT2D eigenvalue weighted by atomic mass is 10.1. The minimum atomic E-state index is -2.64. The zero-order valence-electron chi connectivity index (χ0n) is 16.1. The van der Waals surface area contributed by atoms with E-state index in [0.717, 1.165) is 16.8 Å². The van der Waals surface area contributed by atoms with Crippen molar-refractivity contribution in [1.29, 1.82) is 0 Å². The smallest absolute Gasteiger partial charge is 0.330 e. The highest BCUT2D eigenvalue weighted by Crippen LogP contribution is 2.35. The third-order valence-corrected chi connectivity index (χ3v) is 10.1. The molecule has 0 radical (unpaired) electrons. The Balaban J connectivity index is 1.98. The van der Waals surface area contributed by atoms with Gasteiger partial charge in [-0.2, -0.15) is 0 Å². The van der Waals surface area contributed by atoms with Crippen LogP contribution in [0.1, 0.15) is 16.6 Å². The van der Waals surface area contributed by atoms with Crippen molar-refractivity contribution in [1.82, 2.24) is 9.55 Å². The van der Waals surface area contributed by atoms with E-state index in [1.165, 1.54) is 0 Å². The first-order valence-corrected chi connectivity index (χ1v) is 14.4. The molecular formula is C16H24N2O8Si2. The van der Waals surface area contributed by atoms with Gasteiger partial charge in [0.1, 0.15) is 23.9 Å². The molecule has 4 unspecified atom stereocenters. The van der Waals surface area contributed by atoms with Crippen LogP contribution in [0.5, 0.6) is 0 Å². The number of carbonyl (C=O) groups excluding carboxylic acids is 1. The molecule has 2 aliphatic rings. The van der Waals surface area contributed by atoms with Gasteiger partial charge in [-0.05, 0) is 32.3 Å². The molecule has 4 atom stereocenters. The number of H-pyrrole nitrogens is 1. The number of hydrogen-bond donors (Lipinski definition) is 2. The summed E-state index contributed by atoms with van der Waals surface area (Å²) in [6, 6.07) is 0. The predicted octanol–water partition coefficient (Wildman–Crippen LogP) is -0.000800. The molecule has 154 valence electrons. The highest BCUT2D eigenvalue weighted by molar-refractivity contribution is 6.78. The molecule has 2 aliphatic heterocycles. The molecule has 0 aliphatic carbocycles. The summed E-state index contributed by atoms with van der Waals surface area (Å²) in [5.41, 5.74) is -1.93. The van der Waals surface area contributed by atoms with E-state index in [9.17, 15) is 19.5 Å². The average Bonchev–Trinajstić information content (AvgIpc) is 2.86. The first kappa shape index (κ1) is 21.0. The van der Waals surface area contributed by atoms with Gasteiger partial charge in [0.15, 0.2) is 12.0 Å². The minimum absolute atomic E-state index is 0.123. The quantitative estimate of drug-likeness (QED) is 0.391. The number of nitrogens with zero attached hydrogens (tertiary/aromatic N) is 1. The molecule has 2 N–H and O–H groups in total. The maximum absolute atomic E-state index is 12.3. The van der Waals surface area contributed by atoms with Gasteiger partial charge in [0.25, 0.3) is 5.56 Å². The lowest BCUT2D eigenvalue weighted by Gasteiger charge is -2.39. The highest BCUT2D eigenvalue weighted by Gasteiger charge is 2.52. The van der Waals surface area contributed by atoms with Gasteiger partial charge in [-0.3, -0.25) is 19.1 Å². The number of hydrogen-bond acceptors (Lipinski definition) is 8. The van der Waals surface area contributed by atoms with Crippen LogP contribution in [0.3, 0.4) is 0 Å². The average molecular weight is 429 g/mol. The third-order valence-electron chi connectivity index (χ3n) is 4.51. The van der Waals surface area contributed by atoms with E-state index in [4.69, 9.17) is 17.7 Å². The first-order chi connectivity index (χ1) is 12.9. The lowest BCUT2D eigenvalue weighted by molar-refractivity contribution is -0.0573. The van der Waals surface area contributed by atoms with Gasteiger partial charge in [0.2, 0.25) is 0 Å². The van der Waals surface area contributed by atoms with Crippen molar-refractivity contribution in [3.63, 3.8) is 0 Å². The van der Waals surface area contributed by atoms with E-state index >= 15 is 0 Å². The normalized spacial score (nSPS) is 31.5. The van der Waals surface area contributed by atoms with Crippen LogP contribution in [-0.2, 0) is 17.7 Å². The standard InChI is InChI=1S/C16H24N2O8Si2/c1-6-10(19)9-7-18(16(22)17-14(9)21)15-12(20)13-11(24-15)8-23-27(2,3)26-28(4,5)25-13/h6-7,11-13,15,20H,1,8H2,2-5H3,(H,17,21,22). The van der Waals surface area contributed by atoms with Crippen LogP contribution in [0.4, 0.5) is 0 Å². The monoisotopic (exact) mass is 428 g/mol. The van der Waals surface area contributed by atoms with E-state index in [-0.39, 0.29) is 12.2 Å². The topological polar surface area (TPSA) is 129 Å². The number of nitrogens with one attached hydrogen (secondary N) is 1. The Labute approximate surface area is 163 Å². The Morgan fingerprint density at radius 3 is 2.64 bits per heavy atom. The summed E-state index contributed by atoms with van der Waals surface area (Å²) in [7, 11) is -5.08. The number of carbonyl (C=O) groups is 1.